The zero-order valence-electron chi connectivity index (χ0n) is 10.5. The van der Waals surface area contributed by atoms with Crippen LogP contribution < -0.4 is 0 Å². The molecule has 80 valence electrons. The van der Waals surface area contributed by atoms with Gasteiger partial charge in [0.25, 0.3) is 0 Å². The van der Waals surface area contributed by atoms with E-state index in [1.807, 2.05) is 20.8 Å². The van der Waals surface area contributed by atoms with E-state index in [1.54, 1.807) is 0 Å². The molecule has 0 nitrogen and oxygen atoms in total. The fourth-order valence-corrected chi connectivity index (χ4v) is 0.427. The normalized spacial score (nSPS) is 7.23. The van der Waals surface area contributed by atoms with Gasteiger partial charge in [-0.05, 0) is 26.7 Å². The van der Waals surface area contributed by atoms with Crippen LogP contribution in [0.25, 0.3) is 0 Å². The Bertz CT molecular complexity index is 109. The molecule has 0 radical (unpaired) electrons. The summed E-state index contributed by atoms with van der Waals surface area (Å²) in [6.45, 7) is 19.8. The number of rotatable bonds is 3. The van der Waals surface area contributed by atoms with Gasteiger partial charge in [0.1, 0.15) is 0 Å². The van der Waals surface area contributed by atoms with Gasteiger partial charge in [-0.1, -0.05) is 45.3 Å². The van der Waals surface area contributed by atoms with Gasteiger partial charge in [0.2, 0.25) is 0 Å². The van der Waals surface area contributed by atoms with Crippen LogP contribution in [0.1, 0.15) is 60.8 Å². The molecule has 0 atom stereocenters. The lowest BCUT2D eigenvalue weighted by atomic mass is 10.2. The van der Waals surface area contributed by atoms with Crippen molar-refractivity contribution in [3.05, 3.63) is 24.3 Å². The molecular weight excluding hydrogens is 156 g/mol. The summed E-state index contributed by atoms with van der Waals surface area (Å²) in [6.07, 6.45) is 3.52. The second-order valence-electron chi connectivity index (χ2n) is 3.02. The van der Waals surface area contributed by atoms with Crippen molar-refractivity contribution >= 4 is 0 Å². The van der Waals surface area contributed by atoms with Crippen LogP contribution >= 0.6 is 0 Å². The average molecular weight is 184 g/mol. The van der Waals surface area contributed by atoms with Crippen LogP contribution in [0.4, 0.5) is 0 Å². The zero-order chi connectivity index (χ0) is 11.3. The van der Waals surface area contributed by atoms with Crippen molar-refractivity contribution in [2.45, 2.75) is 60.8 Å². The predicted molar refractivity (Wildman–Crippen MR) is 66.2 cm³/mol. The van der Waals surface area contributed by atoms with Crippen LogP contribution in [0.3, 0.4) is 0 Å². The first-order valence-corrected chi connectivity index (χ1v) is 5.33. The van der Waals surface area contributed by atoms with E-state index in [4.69, 9.17) is 0 Å². The highest BCUT2D eigenvalue weighted by molar-refractivity contribution is 4.86. The molecule has 0 saturated carbocycles. The average Bonchev–Trinajstić information content (AvgIpc) is 2.09. The standard InChI is InChI=1S/C6H12.C5H10.C2H6/c1-4-5-6(2)3;1-4-5(2)3;1-2/h2,4-5H2,1,3H3;2,4H2,1,3H3;1-2H3. The largest absolute Gasteiger partial charge is 0.100 e. The monoisotopic (exact) mass is 184 g/mol. The van der Waals surface area contributed by atoms with Gasteiger partial charge in [0.05, 0.1) is 0 Å². The molecule has 0 heterocycles. The summed E-state index contributed by atoms with van der Waals surface area (Å²) in [7, 11) is 0. The Kier molecular flexibility index (Phi) is 24.7. The minimum atomic E-state index is 1.11. The lowest BCUT2D eigenvalue weighted by Crippen LogP contribution is -1.66. The van der Waals surface area contributed by atoms with Gasteiger partial charge in [0.15, 0.2) is 0 Å². The van der Waals surface area contributed by atoms with Crippen LogP contribution in [-0.4, -0.2) is 0 Å². The molecular formula is C13H28. The molecule has 0 N–H and O–H groups in total. The first kappa shape index (κ1) is 18.3. The zero-order valence-corrected chi connectivity index (χ0v) is 10.5. The molecule has 0 bridgehead atoms. The first-order valence-electron chi connectivity index (χ1n) is 5.33. The second kappa shape index (κ2) is 17.5. The summed E-state index contributed by atoms with van der Waals surface area (Å²) in [5.74, 6) is 0. The van der Waals surface area contributed by atoms with Crippen LogP contribution in [0.5, 0.6) is 0 Å². The highest BCUT2D eigenvalue weighted by Gasteiger charge is 1.76. The van der Waals surface area contributed by atoms with Gasteiger partial charge in [-0.15, -0.1) is 13.2 Å². The first-order chi connectivity index (χ1) is 6.04. The van der Waals surface area contributed by atoms with Gasteiger partial charge in [0, 0.05) is 0 Å². The molecule has 0 aromatic rings. The Morgan fingerprint density at radius 3 is 1.23 bits per heavy atom. The van der Waals surface area contributed by atoms with Crippen molar-refractivity contribution in [3.63, 3.8) is 0 Å². The Morgan fingerprint density at radius 2 is 1.23 bits per heavy atom. The molecule has 0 aliphatic rings. The summed E-state index contributed by atoms with van der Waals surface area (Å²) in [6, 6.07) is 0. The Labute approximate surface area is 85.8 Å². The third kappa shape index (κ3) is 51.4. The maximum atomic E-state index is 3.74. The van der Waals surface area contributed by atoms with E-state index in [9.17, 15) is 0 Å². The van der Waals surface area contributed by atoms with Crippen molar-refractivity contribution < 1.29 is 0 Å². The van der Waals surface area contributed by atoms with E-state index in [1.165, 1.54) is 24.0 Å². The van der Waals surface area contributed by atoms with Crippen molar-refractivity contribution in [1.29, 1.82) is 0 Å². The molecule has 0 aliphatic carbocycles. The van der Waals surface area contributed by atoms with E-state index < -0.39 is 0 Å². The summed E-state index contributed by atoms with van der Waals surface area (Å²) < 4.78 is 0. The molecule has 0 spiro atoms. The fourth-order valence-electron chi connectivity index (χ4n) is 0.427. The lowest BCUT2D eigenvalue weighted by molar-refractivity contribution is 0.910. The van der Waals surface area contributed by atoms with Crippen molar-refractivity contribution in [2.24, 2.45) is 0 Å². The van der Waals surface area contributed by atoms with Crippen LogP contribution in [-0.2, 0) is 0 Å². The van der Waals surface area contributed by atoms with E-state index in [0.29, 0.717) is 0 Å². The van der Waals surface area contributed by atoms with Crippen LogP contribution in [0, 0.1) is 0 Å². The maximum absolute atomic E-state index is 3.74. The molecule has 0 heteroatoms. The third-order valence-electron chi connectivity index (χ3n) is 1.28. The molecule has 0 aromatic carbocycles. The van der Waals surface area contributed by atoms with Crippen molar-refractivity contribution in [3.8, 4) is 0 Å². The van der Waals surface area contributed by atoms with E-state index in [-0.39, 0.29) is 0 Å². The molecule has 0 aliphatic heterocycles. The topological polar surface area (TPSA) is 0 Å². The molecule has 0 saturated heterocycles. The summed E-state index contributed by atoms with van der Waals surface area (Å²) in [4.78, 5) is 0. The predicted octanol–water partition coefficient (Wildman–Crippen LogP) is 5.36. The smallest absolute Gasteiger partial charge is 0.0328 e. The number of hydrogen-bond acceptors (Lipinski definition) is 0. The number of hydrogen-bond donors (Lipinski definition) is 0. The second-order valence-corrected chi connectivity index (χ2v) is 3.02. The Morgan fingerprint density at radius 1 is 0.923 bits per heavy atom. The Hall–Kier alpha value is -0.520. The lowest BCUT2D eigenvalue weighted by Gasteiger charge is -1.87. The minimum Gasteiger partial charge on any atom is -0.100 e. The van der Waals surface area contributed by atoms with E-state index >= 15 is 0 Å². The summed E-state index contributed by atoms with van der Waals surface area (Å²) in [5.41, 5.74) is 2.54. The molecule has 0 rings (SSSR count). The maximum Gasteiger partial charge on any atom is -0.0328 e. The van der Waals surface area contributed by atoms with Gasteiger partial charge < -0.3 is 0 Å². The van der Waals surface area contributed by atoms with Gasteiger partial charge in [-0.25, -0.2) is 0 Å². The molecule has 0 aromatic heterocycles. The summed E-state index contributed by atoms with van der Waals surface area (Å²) >= 11 is 0. The van der Waals surface area contributed by atoms with Gasteiger partial charge in [-0.2, -0.15) is 0 Å². The van der Waals surface area contributed by atoms with E-state index in [2.05, 4.69) is 33.9 Å². The molecule has 0 fully saturated rings. The third-order valence-corrected chi connectivity index (χ3v) is 1.28. The fraction of sp³-hybridized carbons (Fsp3) is 0.692. The van der Waals surface area contributed by atoms with Crippen molar-refractivity contribution in [2.75, 3.05) is 0 Å². The molecule has 0 unspecified atom stereocenters. The minimum absolute atomic E-state index is 1.11. The molecule has 0 amide bonds. The highest BCUT2D eigenvalue weighted by Crippen LogP contribution is 1.96. The Balaban J connectivity index is -0.000000131. The quantitative estimate of drug-likeness (QED) is 0.518. The van der Waals surface area contributed by atoms with Gasteiger partial charge >= 0.3 is 0 Å². The number of allylic oxidation sites excluding steroid dienone is 2. The van der Waals surface area contributed by atoms with Gasteiger partial charge in [-0.3, -0.25) is 0 Å². The molecule has 13 heavy (non-hydrogen) atoms. The van der Waals surface area contributed by atoms with Crippen LogP contribution in [0.15, 0.2) is 24.3 Å². The van der Waals surface area contributed by atoms with Crippen molar-refractivity contribution in [1.82, 2.24) is 0 Å². The SMILES string of the molecule is C=C(C)CC.C=C(C)CCC.CC. The summed E-state index contributed by atoms with van der Waals surface area (Å²) in [5, 5.41) is 0. The van der Waals surface area contributed by atoms with Crippen LogP contribution in [0.2, 0.25) is 0 Å². The highest BCUT2D eigenvalue weighted by atomic mass is 13.8. The van der Waals surface area contributed by atoms with E-state index in [0.717, 1.165) is 6.42 Å².